The smallest absolute Gasteiger partial charge is 0.191 e. The molecule has 1 aromatic heterocycles. The molecule has 1 heterocycles. The molecule has 1 fully saturated rings. The highest BCUT2D eigenvalue weighted by Gasteiger charge is 2.33. The Morgan fingerprint density at radius 3 is 2.70 bits per heavy atom. The number of methoxy groups -OCH3 is 1. The highest BCUT2D eigenvalue weighted by Crippen LogP contribution is 2.40. The molecular weight excluding hydrogens is 453 g/mol. The van der Waals surface area contributed by atoms with E-state index < -0.39 is 0 Å². The number of nitrogens with one attached hydrogen (secondary N) is 2. The number of hydrogen-bond acceptors (Lipinski definition) is 3. The van der Waals surface area contributed by atoms with Crippen LogP contribution >= 0.6 is 24.0 Å². The molecule has 0 bridgehead atoms. The van der Waals surface area contributed by atoms with Gasteiger partial charge in [0.2, 0.25) is 0 Å². The zero-order chi connectivity index (χ0) is 18.8. The van der Waals surface area contributed by atoms with Gasteiger partial charge in [-0.25, -0.2) is 9.98 Å². The Balaban J connectivity index is 0.00000364. The number of aromatic nitrogens is 2. The molecule has 0 amide bonds. The van der Waals surface area contributed by atoms with Gasteiger partial charge in [-0.3, -0.25) is 0 Å². The van der Waals surface area contributed by atoms with E-state index in [-0.39, 0.29) is 24.0 Å². The van der Waals surface area contributed by atoms with Crippen molar-refractivity contribution in [3.63, 3.8) is 0 Å². The average Bonchev–Trinajstić information content (AvgIpc) is 3.25. The largest absolute Gasteiger partial charge is 0.385 e. The van der Waals surface area contributed by atoms with Gasteiger partial charge < -0.3 is 19.9 Å². The van der Waals surface area contributed by atoms with Crippen LogP contribution in [0.1, 0.15) is 58.7 Å². The summed E-state index contributed by atoms with van der Waals surface area (Å²) in [6.07, 6.45) is 10.2. The Morgan fingerprint density at radius 1 is 1.33 bits per heavy atom. The molecule has 0 aromatic carbocycles. The van der Waals surface area contributed by atoms with Gasteiger partial charge in [-0.05, 0) is 37.5 Å². The van der Waals surface area contributed by atoms with Crippen LogP contribution in [0.25, 0.3) is 0 Å². The first kappa shape index (κ1) is 24.2. The second kappa shape index (κ2) is 12.6. The first-order valence-electron chi connectivity index (χ1n) is 10.1. The molecule has 0 aliphatic heterocycles. The van der Waals surface area contributed by atoms with E-state index in [1.165, 1.54) is 25.7 Å². The average molecular weight is 491 g/mol. The Labute approximate surface area is 182 Å². The summed E-state index contributed by atoms with van der Waals surface area (Å²) in [7, 11) is 1.79. The van der Waals surface area contributed by atoms with Crippen LogP contribution in [-0.4, -0.2) is 42.3 Å². The lowest BCUT2D eigenvalue weighted by Gasteiger charge is -2.30. The summed E-state index contributed by atoms with van der Waals surface area (Å²) in [6, 6.07) is 0. The van der Waals surface area contributed by atoms with Crippen molar-refractivity contribution in [2.45, 2.75) is 66.0 Å². The van der Waals surface area contributed by atoms with Crippen molar-refractivity contribution in [2.75, 3.05) is 26.8 Å². The molecule has 156 valence electrons. The minimum atomic E-state index is 0. The van der Waals surface area contributed by atoms with Gasteiger partial charge in [-0.2, -0.15) is 0 Å². The van der Waals surface area contributed by atoms with Gasteiger partial charge in [0, 0.05) is 45.7 Å². The number of imidazole rings is 1. The van der Waals surface area contributed by atoms with Crippen molar-refractivity contribution >= 4 is 29.9 Å². The molecule has 6 nitrogen and oxygen atoms in total. The molecule has 0 spiro atoms. The van der Waals surface area contributed by atoms with E-state index >= 15 is 0 Å². The summed E-state index contributed by atoms with van der Waals surface area (Å²) < 4.78 is 7.54. The Hall–Kier alpha value is -0.830. The maximum absolute atomic E-state index is 5.34. The maximum Gasteiger partial charge on any atom is 0.191 e. The normalized spacial score (nSPS) is 16.4. The maximum atomic E-state index is 5.34. The highest BCUT2D eigenvalue weighted by molar-refractivity contribution is 14.0. The Kier molecular flexibility index (Phi) is 11.3. The van der Waals surface area contributed by atoms with Crippen LogP contribution in [0.4, 0.5) is 0 Å². The van der Waals surface area contributed by atoms with E-state index in [0.29, 0.717) is 17.9 Å². The summed E-state index contributed by atoms with van der Waals surface area (Å²) in [4.78, 5) is 9.25. The number of ether oxygens (including phenoxy) is 1. The van der Waals surface area contributed by atoms with E-state index in [0.717, 1.165) is 44.4 Å². The highest BCUT2D eigenvalue weighted by atomic mass is 127. The van der Waals surface area contributed by atoms with Gasteiger partial charge in [0.1, 0.15) is 12.4 Å². The van der Waals surface area contributed by atoms with Gasteiger partial charge in [-0.15, -0.1) is 24.0 Å². The quantitative estimate of drug-likeness (QED) is 0.297. The SMILES string of the molecule is CCNC(=NCc1nccn1CC(C)C)NCC1(CCOC)CCCC1.I. The van der Waals surface area contributed by atoms with Gasteiger partial charge in [0.05, 0.1) is 0 Å². The summed E-state index contributed by atoms with van der Waals surface area (Å²) in [6.45, 7) is 10.8. The van der Waals surface area contributed by atoms with E-state index in [9.17, 15) is 0 Å². The zero-order valence-electron chi connectivity index (χ0n) is 17.5. The van der Waals surface area contributed by atoms with E-state index in [4.69, 9.17) is 9.73 Å². The fourth-order valence-electron chi connectivity index (χ4n) is 3.77. The minimum Gasteiger partial charge on any atom is -0.385 e. The van der Waals surface area contributed by atoms with Crippen molar-refractivity contribution in [1.29, 1.82) is 0 Å². The third-order valence-corrected chi connectivity index (χ3v) is 5.22. The molecule has 0 radical (unpaired) electrons. The van der Waals surface area contributed by atoms with Crippen LogP contribution in [0, 0.1) is 11.3 Å². The van der Waals surface area contributed by atoms with E-state index in [1.807, 2.05) is 12.4 Å². The van der Waals surface area contributed by atoms with Crippen molar-refractivity contribution < 1.29 is 4.74 Å². The second-order valence-corrected chi connectivity index (χ2v) is 7.89. The van der Waals surface area contributed by atoms with Crippen LogP contribution in [0.15, 0.2) is 17.4 Å². The Bertz CT molecular complexity index is 552. The minimum absolute atomic E-state index is 0. The molecule has 1 aliphatic carbocycles. The fourth-order valence-corrected chi connectivity index (χ4v) is 3.77. The number of aliphatic imine (C=N–C) groups is 1. The lowest BCUT2D eigenvalue weighted by atomic mass is 9.83. The van der Waals surface area contributed by atoms with Crippen LogP contribution < -0.4 is 10.6 Å². The molecule has 2 rings (SSSR count). The third-order valence-electron chi connectivity index (χ3n) is 5.22. The molecule has 0 atom stereocenters. The molecule has 2 N–H and O–H groups in total. The lowest BCUT2D eigenvalue weighted by Crippen LogP contribution is -2.43. The number of nitrogens with zero attached hydrogens (tertiary/aromatic N) is 3. The second-order valence-electron chi connectivity index (χ2n) is 7.89. The molecule has 0 unspecified atom stereocenters. The number of hydrogen-bond donors (Lipinski definition) is 2. The predicted molar refractivity (Wildman–Crippen MR) is 123 cm³/mol. The molecule has 7 heteroatoms. The summed E-state index contributed by atoms with van der Waals surface area (Å²) in [5, 5.41) is 6.95. The van der Waals surface area contributed by atoms with Crippen LogP contribution in [0.5, 0.6) is 0 Å². The number of rotatable bonds is 10. The van der Waals surface area contributed by atoms with Gasteiger partial charge in [-0.1, -0.05) is 26.7 Å². The summed E-state index contributed by atoms with van der Waals surface area (Å²) in [5.74, 6) is 2.50. The standard InChI is InChI=1S/C20H37N5O.HI/c1-5-21-19(23-14-18-22-11-12-25(18)15-17(2)3)24-16-20(10-13-26-4)8-6-7-9-20;/h11-12,17H,5-10,13-16H2,1-4H3,(H2,21,23,24);1H. The summed E-state index contributed by atoms with van der Waals surface area (Å²) in [5.41, 5.74) is 0.350. The van der Waals surface area contributed by atoms with Crippen molar-refractivity contribution in [3.8, 4) is 0 Å². The molecule has 1 aromatic rings. The first-order valence-corrected chi connectivity index (χ1v) is 10.1. The molecular formula is C20H38IN5O. The van der Waals surface area contributed by atoms with Gasteiger partial charge >= 0.3 is 0 Å². The zero-order valence-corrected chi connectivity index (χ0v) is 19.8. The molecule has 27 heavy (non-hydrogen) atoms. The predicted octanol–water partition coefficient (Wildman–Crippen LogP) is 3.81. The lowest BCUT2D eigenvalue weighted by molar-refractivity contribution is 0.138. The van der Waals surface area contributed by atoms with E-state index in [2.05, 4.69) is 41.0 Å². The van der Waals surface area contributed by atoms with Gasteiger partial charge in [0.15, 0.2) is 5.96 Å². The topological polar surface area (TPSA) is 63.5 Å². The number of guanidine groups is 1. The van der Waals surface area contributed by atoms with Crippen molar-refractivity contribution in [1.82, 2.24) is 20.2 Å². The monoisotopic (exact) mass is 491 g/mol. The molecule has 1 saturated carbocycles. The van der Waals surface area contributed by atoms with Crippen LogP contribution in [-0.2, 0) is 17.8 Å². The van der Waals surface area contributed by atoms with E-state index in [1.54, 1.807) is 7.11 Å². The third kappa shape index (κ3) is 7.97. The van der Waals surface area contributed by atoms with Crippen molar-refractivity contribution in [2.24, 2.45) is 16.3 Å². The summed E-state index contributed by atoms with van der Waals surface area (Å²) >= 11 is 0. The van der Waals surface area contributed by atoms with Crippen LogP contribution in [0.3, 0.4) is 0 Å². The first-order chi connectivity index (χ1) is 12.6. The Morgan fingerprint density at radius 2 is 2.07 bits per heavy atom. The van der Waals surface area contributed by atoms with Gasteiger partial charge in [0.25, 0.3) is 0 Å². The molecule has 0 saturated heterocycles. The van der Waals surface area contributed by atoms with Crippen molar-refractivity contribution in [3.05, 3.63) is 18.2 Å². The number of halogens is 1. The fraction of sp³-hybridized carbons (Fsp3) is 0.800. The van der Waals surface area contributed by atoms with Crippen LogP contribution in [0.2, 0.25) is 0 Å². The molecule has 1 aliphatic rings.